The van der Waals surface area contributed by atoms with Gasteiger partial charge in [-0.15, -0.1) is 11.8 Å². The van der Waals surface area contributed by atoms with Crippen molar-refractivity contribution in [1.29, 1.82) is 0 Å². The lowest BCUT2D eigenvalue weighted by Gasteiger charge is -2.48. The van der Waals surface area contributed by atoms with Crippen LogP contribution in [0.2, 0.25) is 0 Å². The third-order valence-corrected chi connectivity index (χ3v) is 7.40. The van der Waals surface area contributed by atoms with Gasteiger partial charge in [-0.3, -0.25) is 4.79 Å². The summed E-state index contributed by atoms with van der Waals surface area (Å²) < 4.78 is 14.7. The third-order valence-electron chi connectivity index (χ3n) is 6.27. The molecule has 0 radical (unpaired) electrons. The number of hydrogen-bond donors (Lipinski definition) is 3. The zero-order valence-electron chi connectivity index (χ0n) is 14.8. The summed E-state index contributed by atoms with van der Waals surface area (Å²) in [5.74, 6) is -0.223. The molecule has 0 aromatic heterocycles. The number of nitrogens with two attached hydrogens (primary N) is 1. The van der Waals surface area contributed by atoms with E-state index in [1.54, 1.807) is 12.1 Å². The molecule has 7 atom stereocenters. The number of aliphatic hydroxyl groups excluding tert-OH is 1. The van der Waals surface area contributed by atoms with Crippen LogP contribution >= 0.6 is 11.8 Å². The van der Waals surface area contributed by atoms with E-state index >= 15 is 0 Å². The summed E-state index contributed by atoms with van der Waals surface area (Å²) in [7, 11) is 0. The van der Waals surface area contributed by atoms with Crippen molar-refractivity contribution in [2.45, 2.75) is 49.0 Å². The van der Waals surface area contributed by atoms with Crippen LogP contribution in [-0.2, 0) is 4.79 Å². The molecule has 1 saturated carbocycles. The van der Waals surface area contributed by atoms with Crippen molar-refractivity contribution in [1.82, 2.24) is 5.32 Å². The molecule has 140 valence electrons. The Kier molecular flexibility index (Phi) is 4.84. The van der Waals surface area contributed by atoms with E-state index in [4.69, 9.17) is 5.73 Å². The Balaban J connectivity index is 1.71. The fourth-order valence-corrected chi connectivity index (χ4v) is 5.96. The molecule has 7 unspecified atom stereocenters. The topological polar surface area (TPSA) is 75.3 Å². The summed E-state index contributed by atoms with van der Waals surface area (Å²) in [5, 5.41) is 15.8. The normalized spacial score (nSPS) is 37.0. The maximum Gasteiger partial charge on any atom is 0.234 e. The van der Waals surface area contributed by atoms with Crippen molar-refractivity contribution in [3.05, 3.63) is 46.6 Å². The standard InChI is InChI=1S/C20H25FN2O2S/c1-10(9-22)12-3-2-11(8-14(12)21)17-16(24)5-4-15-18(17)13-6-7-26-19(13)20(25)23-15/h2-3,6-8,10,13,15-19,24H,4-5,9,22H2,1H3,(H,23,25). The van der Waals surface area contributed by atoms with E-state index in [-0.39, 0.29) is 46.7 Å². The summed E-state index contributed by atoms with van der Waals surface area (Å²) in [5.41, 5.74) is 7.11. The smallest absolute Gasteiger partial charge is 0.234 e. The molecule has 4 N–H and O–H groups in total. The van der Waals surface area contributed by atoms with Crippen LogP contribution in [-0.4, -0.2) is 35.0 Å². The largest absolute Gasteiger partial charge is 0.392 e. The molecule has 1 aromatic rings. The molecule has 0 bridgehead atoms. The van der Waals surface area contributed by atoms with Crippen LogP contribution in [0.15, 0.2) is 29.7 Å². The molecule has 4 rings (SSSR count). The number of hydrogen-bond acceptors (Lipinski definition) is 4. The number of amides is 1. The van der Waals surface area contributed by atoms with Crippen molar-refractivity contribution in [3.8, 4) is 0 Å². The van der Waals surface area contributed by atoms with Crippen LogP contribution in [0.4, 0.5) is 4.39 Å². The number of allylic oxidation sites excluding steroid dienone is 1. The van der Waals surface area contributed by atoms with E-state index in [1.165, 1.54) is 11.8 Å². The summed E-state index contributed by atoms with van der Waals surface area (Å²) in [4.78, 5) is 12.4. The van der Waals surface area contributed by atoms with Gasteiger partial charge in [0.05, 0.1) is 11.4 Å². The van der Waals surface area contributed by atoms with Gasteiger partial charge in [-0.2, -0.15) is 0 Å². The lowest BCUT2D eigenvalue weighted by molar-refractivity contribution is -0.126. The number of benzene rings is 1. The van der Waals surface area contributed by atoms with Gasteiger partial charge in [0.15, 0.2) is 0 Å². The Morgan fingerprint density at radius 2 is 2.23 bits per heavy atom. The van der Waals surface area contributed by atoms with E-state index in [0.717, 1.165) is 12.0 Å². The highest BCUT2D eigenvalue weighted by Gasteiger charge is 2.51. The van der Waals surface area contributed by atoms with Crippen molar-refractivity contribution in [2.75, 3.05) is 6.54 Å². The fraction of sp³-hybridized carbons (Fsp3) is 0.550. The zero-order valence-corrected chi connectivity index (χ0v) is 15.6. The van der Waals surface area contributed by atoms with E-state index in [2.05, 4.69) is 11.4 Å². The second-order valence-corrected chi connectivity index (χ2v) is 8.80. The van der Waals surface area contributed by atoms with Gasteiger partial charge in [-0.05, 0) is 53.8 Å². The highest BCUT2D eigenvalue weighted by molar-refractivity contribution is 8.03. The number of rotatable bonds is 3. The van der Waals surface area contributed by atoms with Crippen molar-refractivity contribution < 1.29 is 14.3 Å². The Morgan fingerprint density at radius 1 is 1.42 bits per heavy atom. The minimum absolute atomic E-state index is 0.0335. The van der Waals surface area contributed by atoms with Crippen molar-refractivity contribution in [2.24, 2.45) is 17.6 Å². The second kappa shape index (κ2) is 6.98. The molecule has 4 nitrogen and oxygen atoms in total. The van der Waals surface area contributed by atoms with Crippen LogP contribution in [0.25, 0.3) is 0 Å². The average molecular weight is 376 g/mol. The maximum absolute atomic E-state index is 14.7. The first-order chi connectivity index (χ1) is 12.5. The van der Waals surface area contributed by atoms with Crippen LogP contribution in [0, 0.1) is 17.7 Å². The Hall–Kier alpha value is -1.37. The molecule has 26 heavy (non-hydrogen) atoms. The lowest BCUT2D eigenvalue weighted by Crippen LogP contribution is -2.59. The minimum atomic E-state index is -0.525. The van der Waals surface area contributed by atoms with E-state index in [9.17, 15) is 14.3 Å². The summed E-state index contributed by atoms with van der Waals surface area (Å²) in [6, 6.07) is 5.33. The van der Waals surface area contributed by atoms with E-state index < -0.39 is 6.10 Å². The monoisotopic (exact) mass is 376 g/mol. The second-order valence-electron chi connectivity index (χ2n) is 7.74. The first-order valence-electron chi connectivity index (χ1n) is 9.31. The predicted molar refractivity (Wildman–Crippen MR) is 101 cm³/mol. The van der Waals surface area contributed by atoms with Gasteiger partial charge in [0.2, 0.25) is 5.91 Å². The molecule has 2 heterocycles. The zero-order chi connectivity index (χ0) is 18.4. The summed E-state index contributed by atoms with van der Waals surface area (Å²) >= 11 is 1.54. The Labute approximate surface area is 157 Å². The van der Waals surface area contributed by atoms with Gasteiger partial charge in [0.25, 0.3) is 0 Å². The minimum Gasteiger partial charge on any atom is -0.392 e. The molecule has 3 aliphatic rings. The average Bonchev–Trinajstić information content (AvgIpc) is 3.12. The number of piperidine rings is 1. The van der Waals surface area contributed by atoms with Gasteiger partial charge in [-0.1, -0.05) is 25.1 Å². The van der Waals surface area contributed by atoms with Gasteiger partial charge in [0, 0.05) is 17.9 Å². The molecular weight excluding hydrogens is 351 g/mol. The number of thioether (sulfide) groups is 1. The molecular formula is C20H25FN2O2S. The number of nitrogens with one attached hydrogen (secondary N) is 1. The number of carbonyl (C=O) groups is 1. The molecule has 1 saturated heterocycles. The number of carbonyl (C=O) groups excluding carboxylic acids is 1. The molecule has 2 aliphatic heterocycles. The third kappa shape index (κ3) is 2.88. The lowest BCUT2D eigenvalue weighted by atomic mass is 9.63. The SMILES string of the molecule is CC(CN)c1ccc(C2C(O)CCC3NC(=O)C4SC=CC4C32)cc1F. The van der Waals surface area contributed by atoms with Gasteiger partial charge in [-0.25, -0.2) is 4.39 Å². The molecule has 1 aliphatic carbocycles. The number of fused-ring (bicyclic) bond motifs is 3. The molecule has 1 amide bonds. The van der Waals surface area contributed by atoms with Crippen LogP contribution in [0.3, 0.4) is 0 Å². The molecule has 2 fully saturated rings. The highest BCUT2D eigenvalue weighted by atomic mass is 32.2. The van der Waals surface area contributed by atoms with E-state index in [1.807, 2.05) is 18.4 Å². The van der Waals surface area contributed by atoms with Gasteiger partial charge in [0.1, 0.15) is 5.82 Å². The van der Waals surface area contributed by atoms with Gasteiger partial charge >= 0.3 is 0 Å². The first-order valence-corrected chi connectivity index (χ1v) is 10.3. The van der Waals surface area contributed by atoms with Crippen molar-refractivity contribution >= 4 is 17.7 Å². The quantitative estimate of drug-likeness (QED) is 0.758. The Bertz CT molecular complexity index is 741. The predicted octanol–water partition coefficient (Wildman–Crippen LogP) is 2.49. The van der Waals surface area contributed by atoms with Crippen LogP contribution in [0.5, 0.6) is 0 Å². The highest BCUT2D eigenvalue weighted by Crippen LogP contribution is 2.50. The molecule has 1 aromatic carbocycles. The maximum atomic E-state index is 14.7. The summed E-state index contributed by atoms with van der Waals surface area (Å²) in [6.45, 7) is 2.30. The molecule has 0 spiro atoms. The van der Waals surface area contributed by atoms with Gasteiger partial charge < -0.3 is 16.2 Å². The van der Waals surface area contributed by atoms with Crippen LogP contribution in [0.1, 0.15) is 42.7 Å². The number of aliphatic hydroxyl groups is 1. The van der Waals surface area contributed by atoms with Crippen molar-refractivity contribution in [3.63, 3.8) is 0 Å². The van der Waals surface area contributed by atoms with E-state index in [0.29, 0.717) is 18.5 Å². The number of halogens is 1. The van der Waals surface area contributed by atoms with Crippen LogP contribution < -0.4 is 11.1 Å². The first kappa shape index (κ1) is 18.0. The molecule has 6 heteroatoms. The fourth-order valence-electron chi connectivity index (χ4n) is 4.87. The Morgan fingerprint density at radius 3 is 2.96 bits per heavy atom. The summed E-state index contributed by atoms with van der Waals surface area (Å²) in [6.07, 6.45) is 2.95.